The van der Waals surface area contributed by atoms with Gasteiger partial charge in [-0.1, -0.05) is 48.0 Å². The number of hydrogen-bond donors (Lipinski definition) is 0. The van der Waals surface area contributed by atoms with Crippen molar-refractivity contribution in [3.8, 4) is 0 Å². The Morgan fingerprint density at radius 3 is 2.53 bits per heavy atom. The number of halogens is 1. The number of thiophene rings is 1. The van der Waals surface area contributed by atoms with Gasteiger partial charge in [-0.2, -0.15) is 0 Å². The van der Waals surface area contributed by atoms with Crippen molar-refractivity contribution in [3.05, 3.63) is 103 Å². The van der Waals surface area contributed by atoms with Crippen LogP contribution in [-0.2, 0) is 13.1 Å². The minimum atomic E-state index is -0.262. The summed E-state index contributed by atoms with van der Waals surface area (Å²) < 4.78 is 5.04. The molecule has 0 fully saturated rings. The Morgan fingerprint density at radius 1 is 1.00 bits per heavy atom. The van der Waals surface area contributed by atoms with Gasteiger partial charge < -0.3 is 0 Å². The molecule has 0 atom stereocenters. The lowest BCUT2D eigenvalue weighted by Gasteiger charge is -2.08. The lowest BCUT2D eigenvalue weighted by Crippen LogP contribution is -2.26. The maximum absolute atomic E-state index is 13.3. The van der Waals surface area contributed by atoms with Gasteiger partial charge >= 0.3 is 5.69 Å². The van der Waals surface area contributed by atoms with Crippen LogP contribution in [0.5, 0.6) is 0 Å². The molecule has 0 unspecified atom stereocenters. The molecule has 3 aromatic heterocycles. The first-order valence-corrected chi connectivity index (χ1v) is 10.7. The van der Waals surface area contributed by atoms with Gasteiger partial charge in [-0.3, -0.25) is 9.36 Å². The molecule has 150 valence electrons. The fourth-order valence-electron chi connectivity index (χ4n) is 3.60. The summed E-state index contributed by atoms with van der Waals surface area (Å²) in [6, 6.07) is 17.0. The fourth-order valence-corrected chi connectivity index (χ4v) is 4.55. The van der Waals surface area contributed by atoms with Gasteiger partial charge in [-0.15, -0.1) is 16.4 Å². The maximum atomic E-state index is 13.3. The molecule has 2 aromatic carbocycles. The largest absolute Gasteiger partial charge is 0.352 e. The quantitative estimate of drug-likeness (QED) is 0.429. The van der Waals surface area contributed by atoms with Gasteiger partial charge in [0.2, 0.25) is 5.78 Å². The van der Waals surface area contributed by atoms with E-state index < -0.39 is 0 Å². The van der Waals surface area contributed by atoms with Crippen LogP contribution in [-0.4, -0.2) is 18.7 Å². The minimum Gasteiger partial charge on any atom is -0.271 e. The zero-order valence-corrected chi connectivity index (χ0v) is 17.7. The highest BCUT2D eigenvalue weighted by Crippen LogP contribution is 2.19. The van der Waals surface area contributed by atoms with E-state index in [1.54, 1.807) is 22.8 Å². The van der Waals surface area contributed by atoms with Gasteiger partial charge in [0.1, 0.15) is 4.70 Å². The molecule has 0 radical (unpaired) electrons. The summed E-state index contributed by atoms with van der Waals surface area (Å²) in [6.45, 7) is 2.64. The molecule has 0 bridgehead atoms. The van der Waals surface area contributed by atoms with E-state index in [4.69, 9.17) is 11.6 Å². The van der Waals surface area contributed by atoms with Crippen LogP contribution < -0.4 is 11.2 Å². The van der Waals surface area contributed by atoms with Crippen LogP contribution in [0.15, 0.2) is 69.6 Å². The molecule has 3 heterocycles. The van der Waals surface area contributed by atoms with Gasteiger partial charge in [-0.05, 0) is 47.2 Å². The Balaban J connectivity index is 1.73. The first-order chi connectivity index (χ1) is 14.5. The molecule has 0 aliphatic rings. The second kappa shape index (κ2) is 7.27. The third-order valence-electron chi connectivity index (χ3n) is 5.22. The molecule has 0 aliphatic carbocycles. The zero-order chi connectivity index (χ0) is 20.8. The Bertz CT molecular complexity index is 1510. The number of aryl methyl sites for hydroxylation is 1. The summed E-state index contributed by atoms with van der Waals surface area (Å²) in [5, 5.41) is 7.01. The second-order valence-corrected chi connectivity index (χ2v) is 8.51. The van der Waals surface area contributed by atoms with Crippen molar-refractivity contribution in [1.82, 2.24) is 18.7 Å². The minimum absolute atomic E-state index is 0.157. The van der Waals surface area contributed by atoms with Gasteiger partial charge in [0.15, 0.2) is 0 Å². The molecule has 0 saturated carbocycles. The predicted molar refractivity (Wildman–Crippen MR) is 120 cm³/mol. The molecular formula is C22H17ClN4O2S. The van der Waals surface area contributed by atoms with E-state index in [1.165, 1.54) is 20.4 Å². The van der Waals surface area contributed by atoms with E-state index in [1.807, 2.05) is 48.7 Å². The summed E-state index contributed by atoms with van der Waals surface area (Å²) in [6.07, 6.45) is 0. The van der Waals surface area contributed by atoms with Crippen LogP contribution in [0.3, 0.4) is 0 Å². The SMILES string of the molecule is Cc1ccccc1Cn1nc2n(Cc3ccc(Cl)cc3)c(=O)c3sccc3n2c1=O. The first kappa shape index (κ1) is 18.8. The monoisotopic (exact) mass is 436 g/mol. The van der Waals surface area contributed by atoms with E-state index in [2.05, 4.69) is 5.10 Å². The van der Waals surface area contributed by atoms with E-state index in [0.717, 1.165) is 16.7 Å². The maximum Gasteiger partial charge on any atom is 0.352 e. The highest BCUT2D eigenvalue weighted by molar-refractivity contribution is 7.17. The number of hydrogen-bond acceptors (Lipinski definition) is 4. The van der Waals surface area contributed by atoms with Crippen LogP contribution in [0.25, 0.3) is 16.0 Å². The molecule has 6 nitrogen and oxygen atoms in total. The number of fused-ring (bicyclic) bond motifs is 3. The lowest BCUT2D eigenvalue weighted by atomic mass is 10.1. The normalized spacial score (nSPS) is 11.5. The standard InChI is InChI=1S/C22H17ClN4O2S/c1-14-4-2-3-5-16(14)13-26-22(29)27-18-10-11-30-19(18)20(28)25(21(27)24-26)12-15-6-8-17(23)9-7-15/h2-11H,12-13H2,1H3. The summed E-state index contributed by atoms with van der Waals surface area (Å²) >= 11 is 7.32. The van der Waals surface area contributed by atoms with Crippen LogP contribution in [0.1, 0.15) is 16.7 Å². The molecule has 5 aromatic rings. The zero-order valence-electron chi connectivity index (χ0n) is 16.1. The van der Waals surface area contributed by atoms with Crippen molar-refractivity contribution >= 4 is 38.9 Å². The molecule has 8 heteroatoms. The van der Waals surface area contributed by atoms with E-state index in [0.29, 0.717) is 34.1 Å². The molecule has 5 rings (SSSR count). The third kappa shape index (κ3) is 3.07. The summed E-state index contributed by atoms with van der Waals surface area (Å²) in [7, 11) is 0. The molecule has 0 saturated heterocycles. The third-order valence-corrected chi connectivity index (χ3v) is 6.37. The Labute approximate surface area is 180 Å². The van der Waals surface area contributed by atoms with Gasteiger partial charge in [0.05, 0.1) is 18.6 Å². The molecule has 30 heavy (non-hydrogen) atoms. The smallest absolute Gasteiger partial charge is 0.271 e. The van der Waals surface area contributed by atoms with Gasteiger partial charge in [0, 0.05) is 5.02 Å². The Hall–Kier alpha value is -3.16. The highest BCUT2D eigenvalue weighted by atomic mass is 35.5. The van der Waals surface area contributed by atoms with E-state index in [9.17, 15) is 9.59 Å². The van der Waals surface area contributed by atoms with E-state index in [-0.39, 0.29) is 11.2 Å². The number of benzene rings is 2. The van der Waals surface area contributed by atoms with Crippen LogP contribution in [0.4, 0.5) is 0 Å². The van der Waals surface area contributed by atoms with Crippen molar-refractivity contribution in [2.45, 2.75) is 20.0 Å². The fraction of sp³-hybridized carbons (Fsp3) is 0.136. The molecular weight excluding hydrogens is 420 g/mol. The number of rotatable bonds is 4. The van der Waals surface area contributed by atoms with Crippen molar-refractivity contribution < 1.29 is 0 Å². The van der Waals surface area contributed by atoms with Crippen LogP contribution >= 0.6 is 22.9 Å². The molecule has 0 N–H and O–H groups in total. The van der Waals surface area contributed by atoms with E-state index >= 15 is 0 Å². The topological polar surface area (TPSA) is 61.3 Å². The predicted octanol–water partition coefficient (Wildman–Crippen LogP) is 3.93. The van der Waals surface area contributed by atoms with Crippen molar-refractivity contribution in [2.75, 3.05) is 0 Å². The summed E-state index contributed by atoms with van der Waals surface area (Å²) in [5.74, 6) is 0.333. The van der Waals surface area contributed by atoms with Crippen molar-refractivity contribution in [2.24, 2.45) is 0 Å². The highest BCUT2D eigenvalue weighted by Gasteiger charge is 2.19. The summed E-state index contributed by atoms with van der Waals surface area (Å²) in [5.41, 5.74) is 3.17. The Morgan fingerprint density at radius 2 is 1.77 bits per heavy atom. The van der Waals surface area contributed by atoms with Gasteiger partial charge in [-0.25, -0.2) is 13.9 Å². The Kier molecular flexibility index (Phi) is 4.56. The summed E-state index contributed by atoms with van der Waals surface area (Å²) in [4.78, 5) is 26.4. The molecule has 0 spiro atoms. The van der Waals surface area contributed by atoms with Crippen molar-refractivity contribution in [1.29, 1.82) is 0 Å². The lowest BCUT2D eigenvalue weighted by molar-refractivity contribution is 0.652. The first-order valence-electron chi connectivity index (χ1n) is 9.41. The van der Waals surface area contributed by atoms with Crippen molar-refractivity contribution in [3.63, 3.8) is 0 Å². The number of aromatic nitrogens is 4. The molecule has 0 aliphatic heterocycles. The van der Waals surface area contributed by atoms with Gasteiger partial charge in [0.25, 0.3) is 5.56 Å². The average molecular weight is 437 g/mol. The number of nitrogens with zero attached hydrogens (tertiary/aromatic N) is 4. The van der Waals surface area contributed by atoms with Crippen LogP contribution in [0.2, 0.25) is 5.02 Å². The average Bonchev–Trinajstić information content (AvgIpc) is 3.34. The molecule has 0 amide bonds. The second-order valence-electron chi connectivity index (χ2n) is 7.15. The van der Waals surface area contributed by atoms with Crippen LogP contribution in [0, 0.1) is 6.92 Å².